The number of likely N-dealkylation sites (N-methyl/N-ethyl adjacent to an activating group) is 1. The van der Waals surface area contributed by atoms with E-state index in [0.29, 0.717) is 10.7 Å². The molecule has 0 aliphatic carbocycles. The molecule has 0 spiro atoms. The van der Waals surface area contributed by atoms with Gasteiger partial charge in [-0.25, -0.2) is 12.8 Å². The molecule has 0 saturated heterocycles. The number of anilines is 1. The molecule has 0 saturated carbocycles. The van der Waals surface area contributed by atoms with Crippen LogP contribution < -0.4 is 5.32 Å². The van der Waals surface area contributed by atoms with Crippen LogP contribution in [0.25, 0.3) is 0 Å². The zero-order valence-electron chi connectivity index (χ0n) is 12.8. The Morgan fingerprint density at radius 3 is 2.36 bits per heavy atom. The van der Waals surface area contributed by atoms with Crippen molar-refractivity contribution in [3.05, 3.63) is 57.3 Å². The first-order chi connectivity index (χ1) is 11.6. The summed E-state index contributed by atoms with van der Waals surface area (Å²) in [5.74, 6) is -1.32. The van der Waals surface area contributed by atoms with Crippen molar-refractivity contribution in [1.29, 1.82) is 0 Å². The van der Waals surface area contributed by atoms with Crippen LogP contribution >= 0.6 is 34.8 Å². The normalized spacial score (nSPS) is 11.6. The second-order valence-electron chi connectivity index (χ2n) is 5.01. The summed E-state index contributed by atoms with van der Waals surface area (Å²) in [5.41, 5.74) is 0.370. The fourth-order valence-corrected chi connectivity index (χ4v) is 3.58. The number of nitrogens with zero attached hydrogens (tertiary/aromatic N) is 1. The lowest BCUT2D eigenvalue weighted by atomic mass is 10.3. The smallest absolute Gasteiger partial charge is 0.243 e. The summed E-state index contributed by atoms with van der Waals surface area (Å²) in [6.07, 6.45) is 0. The van der Waals surface area contributed by atoms with E-state index in [9.17, 15) is 17.6 Å². The van der Waals surface area contributed by atoms with E-state index in [1.165, 1.54) is 25.2 Å². The number of nitrogens with one attached hydrogen (secondary N) is 1. The average Bonchev–Trinajstić information content (AvgIpc) is 2.53. The van der Waals surface area contributed by atoms with Gasteiger partial charge in [0.15, 0.2) is 0 Å². The molecule has 1 amide bonds. The molecule has 2 rings (SSSR count). The quantitative estimate of drug-likeness (QED) is 0.786. The molecule has 0 aromatic heterocycles. The molecule has 2 aromatic rings. The zero-order valence-corrected chi connectivity index (χ0v) is 15.8. The van der Waals surface area contributed by atoms with Crippen molar-refractivity contribution in [3.63, 3.8) is 0 Å². The summed E-state index contributed by atoms with van der Waals surface area (Å²) in [7, 11) is -2.78. The minimum atomic E-state index is -4.01. The van der Waals surface area contributed by atoms with E-state index in [1.807, 2.05) is 0 Å². The van der Waals surface area contributed by atoms with Gasteiger partial charge in [0.2, 0.25) is 15.9 Å². The summed E-state index contributed by atoms with van der Waals surface area (Å²) < 4.78 is 38.8. The highest BCUT2D eigenvalue weighted by molar-refractivity contribution is 7.89. The average molecular weight is 426 g/mol. The SMILES string of the molecule is CN(CC(=O)Nc1ccc(Cl)c(Cl)c1)S(=O)(=O)c1ccc(F)c(Cl)c1. The Bertz CT molecular complexity index is 922. The van der Waals surface area contributed by atoms with Crippen LogP contribution in [0.2, 0.25) is 15.1 Å². The second kappa shape index (κ2) is 7.88. The van der Waals surface area contributed by atoms with Crippen molar-refractivity contribution in [3.8, 4) is 0 Å². The number of benzene rings is 2. The molecule has 0 atom stereocenters. The van der Waals surface area contributed by atoms with Gasteiger partial charge in [-0.05, 0) is 36.4 Å². The Morgan fingerprint density at radius 2 is 1.76 bits per heavy atom. The minimum absolute atomic E-state index is 0.219. The van der Waals surface area contributed by atoms with Gasteiger partial charge in [-0.2, -0.15) is 4.31 Å². The van der Waals surface area contributed by atoms with Crippen molar-refractivity contribution in [1.82, 2.24) is 4.31 Å². The first kappa shape index (κ1) is 19.9. The van der Waals surface area contributed by atoms with E-state index in [4.69, 9.17) is 34.8 Å². The number of hydrogen-bond acceptors (Lipinski definition) is 3. The van der Waals surface area contributed by atoms with E-state index >= 15 is 0 Å². The van der Waals surface area contributed by atoms with Gasteiger partial charge in [0.1, 0.15) is 5.82 Å². The molecule has 25 heavy (non-hydrogen) atoms. The number of hydrogen-bond donors (Lipinski definition) is 1. The van der Waals surface area contributed by atoms with E-state index in [1.54, 1.807) is 0 Å². The van der Waals surface area contributed by atoms with Gasteiger partial charge in [-0.1, -0.05) is 34.8 Å². The third-order valence-electron chi connectivity index (χ3n) is 3.17. The fraction of sp³-hybridized carbons (Fsp3) is 0.133. The Labute approximate surface area is 159 Å². The third kappa shape index (κ3) is 4.83. The summed E-state index contributed by atoms with van der Waals surface area (Å²) in [4.78, 5) is 11.8. The summed E-state index contributed by atoms with van der Waals surface area (Å²) in [5, 5.41) is 2.76. The number of carbonyl (C=O) groups excluding carboxylic acids is 1. The number of halogens is 4. The van der Waals surface area contributed by atoms with E-state index in [-0.39, 0.29) is 14.9 Å². The molecular weight excluding hydrogens is 414 g/mol. The highest BCUT2D eigenvalue weighted by Crippen LogP contribution is 2.25. The Balaban J connectivity index is 2.11. The van der Waals surface area contributed by atoms with Crippen LogP contribution in [0.1, 0.15) is 0 Å². The Kier molecular flexibility index (Phi) is 6.29. The Morgan fingerprint density at radius 1 is 1.08 bits per heavy atom. The van der Waals surface area contributed by atoms with Crippen LogP contribution in [-0.2, 0) is 14.8 Å². The minimum Gasteiger partial charge on any atom is -0.325 e. The first-order valence-electron chi connectivity index (χ1n) is 6.77. The van der Waals surface area contributed by atoms with Gasteiger partial charge in [0, 0.05) is 12.7 Å². The van der Waals surface area contributed by atoms with Crippen molar-refractivity contribution in [2.24, 2.45) is 0 Å². The predicted octanol–water partition coefficient (Wildman–Crippen LogP) is 4.05. The molecule has 0 radical (unpaired) electrons. The molecule has 134 valence electrons. The number of amides is 1. The van der Waals surface area contributed by atoms with Crippen molar-refractivity contribution < 1.29 is 17.6 Å². The van der Waals surface area contributed by atoms with Gasteiger partial charge >= 0.3 is 0 Å². The maximum Gasteiger partial charge on any atom is 0.243 e. The van der Waals surface area contributed by atoms with Gasteiger partial charge < -0.3 is 5.32 Å². The summed E-state index contributed by atoms with van der Waals surface area (Å²) in [6.45, 7) is -0.461. The highest BCUT2D eigenvalue weighted by atomic mass is 35.5. The molecular formula is C15H12Cl3FN2O3S. The first-order valence-corrected chi connectivity index (χ1v) is 9.35. The monoisotopic (exact) mass is 424 g/mol. The van der Waals surface area contributed by atoms with Gasteiger partial charge in [-0.15, -0.1) is 0 Å². The highest BCUT2D eigenvalue weighted by Gasteiger charge is 2.24. The second-order valence-corrected chi connectivity index (χ2v) is 8.28. The zero-order chi connectivity index (χ0) is 18.8. The molecule has 1 N–H and O–H groups in total. The van der Waals surface area contributed by atoms with Crippen molar-refractivity contribution in [2.75, 3.05) is 18.9 Å². The number of rotatable bonds is 5. The van der Waals surface area contributed by atoms with Crippen LogP contribution in [0.15, 0.2) is 41.3 Å². The molecule has 10 heteroatoms. The Hall–Kier alpha value is -1.38. The maximum atomic E-state index is 13.2. The summed E-state index contributed by atoms with van der Waals surface area (Å²) >= 11 is 17.2. The van der Waals surface area contributed by atoms with E-state index < -0.39 is 28.3 Å². The standard InChI is InChI=1S/C15H12Cl3FN2O3S/c1-21(25(23,24)10-3-5-14(19)13(18)7-10)8-15(22)20-9-2-4-11(16)12(17)6-9/h2-7H,8H2,1H3,(H,20,22). The molecule has 0 fully saturated rings. The molecule has 0 aliphatic heterocycles. The molecule has 0 aliphatic rings. The van der Waals surface area contributed by atoms with Gasteiger partial charge in [0.25, 0.3) is 0 Å². The lowest BCUT2D eigenvalue weighted by molar-refractivity contribution is -0.116. The molecule has 2 aromatic carbocycles. The van der Waals surface area contributed by atoms with Gasteiger partial charge in [0.05, 0.1) is 26.5 Å². The number of carbonyl (C=O) groups is 1. The van der Waals surface area contributed by atoms with Crippen LogP contribution in [-0.4, -0.2) is 32.2 Å². The fourth-order valence-electron chi connectivity index (χ4n) is 1.88. The lowest BCUT2D eigenvalue weighted by Gasteiger charge is -2.17. The van der Waals surface area contributed by atoms with Crippen molar-refractivity contribution in [2.45, 2.75) is 4.90 Å². The molecule has 0 bridgehead atoms. The summed E-state index contributed by atoms with van der Waals surface area (Å²) in [6, 6.07) is 7.47. The van der Waals surface area contributed by atoms with Crippen LogP contribution in [0.3, 0.4) is 0 Å². The number of sulfonamides is 1. The molecule has 5 nitrogen and oxygen atoms in total. The molecule has 0 unspecified atom stereocenters. The van der Waals surface area contributed by atoms with Crippen molar-refractivity contribution >= 4 is 56.4 Å². The lowest BCUT2D eigenvalue weighted by Crippen LogP contribution is -2.35. The third-order valence-corrected chi connectivity index (χ3v) is 6.00. The topological polar surface area (TPSA) is 66.5 Å². The van der Waals surface area contributed by atoms with E-state index in [0.717, 1.165) is 22.5 Å². The largest absolute Gasteiger partial charge is 0.325 e. The molecule has 0 heterocycles. The van der Waals surface area contributed by atoms with Crippen LogP contribution in [0.5, 0.6) is 0 Å². The van der Waals surface area contributed by atoms with Crippen LogP contribution in [0, 0.1) is 5.82 Å². The van der Waals surface area contributed by atoms with Crippen LogP contribution in [0.4, 0.5) is 10.1 Å². The maximum absolute atomic E-state index is 13.2. The van der Waals surface area contributed by atoms with Gasteiger partial charge in [-0.3, -0.25) is 4.79 Å². The van der Waals surface area contributed by atoms with E-state index in [2.05, 4.69) is 5.32 Å². The predicted molar refractivity (Wildman–Crippen MR) is 96.3 cm³/mol.